The average Bonchev–Trinajstić information content (AvgIpc) is 2.82. The molecule has 1 N–H and O–H groups in total. The fraction of sp³-hybridized carbons (Fsp3) is 0.385. The summed E-state index contributed by atoms with van der Waals surface area (Å²) >= 11 is 11.9. The second kappa shape index (κ2) is 6.89. The number of unbranched alkanes of at least 4 members (excludes halogenated alkanes) is 2. The second-order valence-electron chi connectivity index (χ2n) is 4.31. The molecule has 0 spiro atoms. The van der Waals surface area contributed by atoms with Crippen molar-refractivity contribution in [2.75, 3.05) is 6.61 Å². The first-order valence-corrected chi connectivity index (χ1v) is 6.92. The molecule has 102 valence electrons. The zero-order valence-corrected chi connectivity index (χ0v) is 11.9. The van der Waals surface area contributed by atoms with Gasteiger partial charge in [-0.3, -0.25) is 4.68 Å². The van der Waals surface area contributed by atoms with E-state index in [2.05, 4.69) is 10.3 Å². The van der Waals surface area contributed by atoms with E-state index in [0.717, 1.165) is 37.1 Å². The SMILES string of the molecule is OCCCCCn1cc(-c2cc(Cl)cc(Cl)c2)nn1. The molecule has 6 heteroatoms. The van der Waals surface area contributed by atoms with Gasteiger partial charge in [0.25, 0.3) is 0 Å². The van der Waals surface area contributed by atoms with Crippen LogP contribution < -0.4 is 0 Å². The number of hydrogen-bond acceptors (Lipinski definition) is 3. The lowest BCUT2D eigenvalue weighted by atomic mass is 10.2. The molecular weight excluding hydrogens is 285 g/mol. The standard InChI is InChI=1S/C13H15Cl2N3O/c14-11-6-10(7-12(15)8-11)13-9-18(17-16-13)4-2-1-3-5-19/h6-9,19H,1-5H2. The van der Waals surface area contributed by atoms with Gasteiger partial charge in [-0.15, -0.1) is 5.10 Å². The number of aromatic nitrogens is 3. The number of aliphatic hydroxyl groups excluding tert-OH is 1. The topological polar surface area (TPSA) is 50.9 Å². The smallest absolute Gasteiger partial charge is 0.113 e. The Morgan fingerprint density at radius 2 is 1.79 bits per heavy atom. The largest absolute Gasteiger partial charge is 0.396 e. The molecule has 19 heavy (non-hydrogen) atoms. The van der Waals surface area contributed by atoms with Crippen molar-refractivity contribution in [3.63, 3.8) is 0 Å². The van der Waals surface area contributed by atoms with Crippen molar-refractivity contribution in [2.24, 2.45) is 0 Å². The highest BCUT2D eigenvalue weighted by Gasteiger charge is 2.06. The van der Waals surface area contributed by atoms with Crippen LogP contribution in [0.15, 0.2) is 24.4 Å². The summed E-state index contributed by atoms with van der Waals surface area (Å²) in [5.74, 6) is 0. The lowest BCUT2D eigenvalue weighted by Crippen LogP contribution is -1.99. The maximum atomic E-state index is 8.71. The first-order valence-electron chi connectivity index (χ1n) is 6.16. The van der Waals surface area contributed by atoms with E-state index in [4.69, 9.17) is 28.3 Å². The van der Waals surface area contributed by atoms with Crippen LogP contribution in [0.5, 0.6) is 0 Å². The predicted octanol–water partition coefficient (Wildman–Crippen LogP) is 3.41. The van der Waals surface area contributed by atoms with Gasteiger partial charge in [-0.05, 0) is 37.5 Å². The molecule has 0 aliphatic heterocycles. The lowest BCUT2D eigenvalue weighted by Gasteiger charge is -1.99. The minimum atomic E-state index is 0.240. The second-order valence-corrected chi connectivity index (χ2v) is 5.18. The van der Waals surface area contributed by atoms with Crippen molar-refractivity contribution in [3.8, 4) is 11.3 Å². The van der Waals surface area contributed by atoms with Gasteiger partial charge in [0.1, 0.15) is 5.69 Å². The third-order valence-electron chi connectivity index (χ3n) is 2.74. The minimum absolute atomic E-state index is 0.240. The maximum Gasteiger partial charge on any atom is 0.113 e. The highest BCUT2D eigenvalue weighted by Crippen LogP contribution is 2.25. The Balaban J connectivity index is 2.03. The maximum absolute atomic E-state index is 8.71. The molecule has 4 nitrogen and oxygen atoms in total. The summed E-state index contributed by atoms with van der Waals surface area (Å²) in [6.07, 6.45) is 4.65. The van der Waals surface area contributed by atoms with E-state index in [1.165, 1.54) is 0 Å². The number of rotatable bonds is 6. The van der Waals surface area contributed by atoms with E-state index in [-0.39, 0.29) is 6.61 Å². The summed E-state index contributed by atoms with van der Waals surface area (Å²) < 4.78 is 1.79. The molecule has 2 aromatic rings. The average molecular weight is 300 g/mol. The van der Waals surface area contributed by atoms with Crippen LogP contribution in [0.25, 0.3) is 11.3 Å². The molecule has 1 aromatic heterocycles. The van der Waals surface area contributed by atoms with Gasteiger partial charge in [-0.25, -0.2) is 0 Å². The van der Waals surface area contributed by atoms with Crippen molar-refractivity contribution >= 4 is 23.2 Å². The van der Waals surface area contributed by atoms with Gasteiger partial charge < -0.3 is 5.11 Å². The van der Waals surface area contributed by atoms with Crippen molar-refractivity contribution in [1.29, 1.82) is 0 Å². The summed E-state index contributed by atoms with van der Waals surface area (Å²) in [7, 11) is 0. The van der Waals surface area contributed by atoms with Crippen LogP contribution in [0.3, 0.4) is 0 Å². The van der Waals surface area contributed by atoms with Crippen molar-refractivity contribution in [1.82, 2.24) is 15.0 Å². The van der Waals surface area contributed by atoms with E-state index in [0.29, 0.717) is 10.0 Å². The van der Waals surface area contributed by atoms with Crippen LogP contribution in [-0.4, -0.2) is 26.7 Å². The zero-order valence-electron chi connectivity index (χ0n) is 10.4. The van der Waals surface area contributed by atoms with Crippen LogP contribution in [0.4, 0.5) is 0 Å². The fourth-order valence-corrected chi connectivity index (χ4v) is 2.33. The van der Waals surface area contributed by atoms with Crippen LogP contribution in [0.1, 0.15) is 19.3 Å². The zero-order chi connectivity index (χ0) is 13.7. The van der Waals surface area contributed by atoms with Crippen LogP contribution in [-0.2, 0) is 6.54 Å². The summed E-state index contributed by atoms with van der Waals surface area (Å²) in [5, 5.41) is 18.1. The summed E-state index contributed by atoms with van der Waals surface area (Å²) in [6.45, 7) is 1.03. The molecule has 0 radical (unpaired) electrons. The number of aryl methyl sites for hydroxylation is 1. The highest BCUT2D eigenvalue weighted by atomic mass is 35.5. The van der Waals surface area contributed by atoms with E-state index >= 15 is 0 Å². The van der Waals surface area contributed by atoms with E-state index in [9.17, 15) is 0 Å². The summed E-state index contributed by atoms with van der Waals surface area (Å²) in [4.78, 5) is 0. The molecule has 0 atom stereocenters. The van der Waals surface area contributed by atoms with E-state index < -0.39 is 0 Å². The van der Waals surface area contributed by atoms with Gasteiger partial charge in [0, 0.05) is 28.8 Å². The number of nitrogens with zero attached hydrogens (tertiary/aromatic N) is 3. The van der Waals surface area contributed by atoms with Crippen LogP contribution >= 0.6 is 23.2 Å². The van der Waals surface area contributed by atoms with E-state index in [1.807, 2.05) is 18.3 Å². The number of aliphatic hydroxyl groups is 1. The van der Waals surface area contributed by atoms with Gasteiger partial charge in [-0.1, -0.05) is 28.4 Å². The fourth-order valence-electron chi connectivity index (χ4n) is 1.80. The first-order chi connectivity index (χ1) is 9.19. The molecule has 0 aliphatic carbocycles. The number of benzene rings is 1. The Morgan fingerprint density at radius 1 is 1.05 bits per heavy atom. The Hall–Kier alpha value is -1.10. The third kappa shape index (κ3) is 4.20. The molecule has 1 aromatic carbocycles. The van der Waals surface area contributed by atoms with Gasteiger partial charge in [0.15, 0.2) is 0 Å². The normalized spacial score (nSPS) is 10.9. The van der Waals surface area contributed by atoms with Gasteiger partial charge in [-0.2, -0.15) is 0 Å². The Morgan fingerprint density at radius 3 is 2.47 bits per heavy atom. The molecule has 0 amide bonds. The monoisotopic (exact) mass is 299 g/mol. The minimum Gasteiger partial charge on any atom is -0.396 e. The molecule has 0 bridgehead atoms. The molecule has 0 saturated heterocycles. The first kappa shape index (κ1) is 14.3. The van der Waals surface area contributed by atoms with E-state index in [1.54, 1.807) is 10.7 Å². The molecule has 0 saturated carbocycles. The van der Waals surface area contributed by atoms with Gasteiger partial charge in [0.2, 0.25) is 0 Å². The van der Waals surface area contributed by atoms with Crippen molar-refractivity contribution in [2.45, 2.75) is 25.8 Å². The van der Waals surface area contributed by atoms with Crippen LogP contribution in [0, 0.1) is 0 Å². The number of hydrogen-bond donors (Lipinski definition) is 1. The predicted molar refractivity (Wildman–Crippen MR) is 76.4 cm³/mol. The van der Waals surface area contributed by atoms with Crippen molar-refractivity contribution in [3.05, 3.63) is 34.4 Å². The third-order valence-corrected chi connectivity index (χ3v) is 3.18. The lowest BCUT2D eigenvalue weighted by molar-refractivity contribution is 0.281. The Labute approximate surface area is 122 Å². The molecule has 0 aliphatic rings. The summed E-state index contributed by atoms with van der Waals surface area (Å²) in [6, 6.07) is 5.31. The Bertz CT molecular complexity index is 522. The molecule has 0 fully saturated rings. The molecule has 2 rings (SSSR count). The summed E-state index contributed by atoms with van der Waals surface area (Å²) in [5.41, 5.74) is 1.62. The van der Waals surface area contributed by atoms with Crippen molar-refractivity contribution < 1.29 is 5.11 Å². The highest BCUT2D eigenvalue weighted by molar-refractivity contribution is 6.35. The van der Waals surface area contributed by atoms with Gasteiger partial charge in [0.05, 0.1) is 6.20 Å². The Kier molecular flexibility index (Phi) is 5.19. The quantitative estimate of drug-likeness (QED) is 0.832. The molecule has 1 heterocycles. The van der Waals surface area contributed by atoms with Crippen LogP contribution in [0.2, 0.25) is 10.0 Å². The van der Waals surface area contributed by atoms with Gasteiger partial charge >= 0.3 is 0 Å². The molecule has 0 unspecified atom stereocenters. The number of halogens is 2. The molecular formula is C13H15Cl2N3O.